The number of ether oxygens (including phenoxy) is 4. The number of hydrogen-bond donors (Lipinski definition) is 2. The molecule has 0 heterocycles. The Morgan fingerprint density at radius 2 is 1.00 bits per heavy atom. The Morgan fingerprint density at radius 3 is 1.37 bits per heavy atom. The molecule has 0 unspecified atom stereocenters. The Bertz CT molecular complexity index is 1950. The third-order valence-corrected chi connectivity index (χ3v) is 8.13. The molecule has 0 radical (unpaired) electrons. The smallest absolute Gasteiger partial charge is 0.407 e. The Morgan fingerprint density at radius 1 is 0.614 bits per heavy atom. The van der Waals surface area contributed by atoms with E-state index in [2.05, 4.69) is 16.7 Å². The standard InChI is InChI=1S/C22H26N2O3.C22H29NO6S/c1-22(2,3)27-21(25)24-19(13-14-23)15-17-9-11-20(12-10-17)26-16-18-7-5-4-6-8-18;1-22(2,3)29-21(24)23-19(16-28-30(4,25)26)14-17-10-12-20(13-11-17)27-15-18-8-6-5-7-9-18/h4-12,19H,13,15-16H2,1-3H3,(H,24,25);5-13,19H,14-16H2,1-4H3,(H,23,24)/t2*19-/m10/s1. The van der Waals surface area contributed by atoms with Gasteiger partial charge in [-0.15, -0.1) is 0 Å². The van der Waals surface area contributed by atoms with E-state index in [0.29, 0.717) is 31.8 Å². The van der Waals surface area contributed by atoms with Crippen LogP contribution in [0.15, 0.2) is 109 Å². The van der Waals surface area contributed by atoms with Crippen molar-refractivity contribution in [3.05, 3.63) is 131 Å². The highest BCUT2D eigenvalue weighted by molar-refractivity contribution is 7.85. The van der Waals surface area contributed by atoms with Crippen molar-refractivity contribution >= 4 is 22.3 Å². The van der Waals surface area contributed by atoms with E-state index in [1.54, 1.807) is 41.5 Å². The topological polar surface area (TPSA) is 162 Å². The maximum absolute atomic E-state index is 12.1. The highest BCUT2D eigenvalue weighted by Gasteiger charge is 2.22. The van der Waals surface area contributed by atoms with Crippen LogP contribution in [0.4, 0.5) is 9.59 Å². The molecule has 0 saturated carbocycles. The number of carbonyl (C=O) groups excluding carboxylic acids is 2. The minimum absolute atomic E-state index is 0.190. The quantitative estimate of drug-likeness (QED) is 0.105. The summed E-state index contributed by atoms with van der Waals surface area (Å²) in [6, 6.07) is 36.1. The largest absolute Gasteiger partial charge is 0.489 e. The van der Waals surface area contributed by atoms with Gasteiger partial charge in [0.25, 0.3) is 10.1 Å². The van der Waals surface area contributed by atoms with Gasteiger partial charge in [-0.2, -0.15) is 13.7 Å². The predicted octanol–water partition coefficient (Wildman–Crippen LogP) is 8.29. The summed E-state index contributed by atoms with van der Waals surface area (Å²) < 4.78 is 49.7. The lowest BCUT2D eigenvalue weighted by molar-refractivity contribution is 0.0482. The zero-order valence-corrected chi connectivity index (χ0v) is 34.6. The molecule has 0 aliphatic rings. The molecule has 57 heavy (non-hydrogen) atoms. The second-order valence-electron chi connectivity index (χ2n) is 15.3. The molecule has 0 aromatic heterocycles. The summed E-state index contributed by atoms with van der Waals surface area (Å²) >= 11 is 0. The first-order valence-corrected chi connectivity index (χ1v) is 20.4. The fraction of sp³-hybridized carbons (Fsp3) is 0.386. The van der Waals surface area contributed by atoms with Gasteiger partial charge in [0.1, 0.15) is 35.9 Å². The summed E-state index contributed by atoms with van der Waals surface area (Å²) in [5.41, 5.74) is 2.85. The number of nitriles is 1. The molecule has 2 N–H and O–H groups in total. The fourth-order valence-corrected chi connectivity index (χ4v) is 5.50. The number of rotatable bonds is 16. The van der Waals surface area contributed by atoms with Crippen LogP contribution in [0.3, 0.4) is 0 Å². The zero-order valence-electron chi connectivity index (χ0n) is 33.8. The first-order chi connectivity index (χ1) is 26.9. The number of carbonyl (C=O) groups is 2. The van der Waals surface area contributed by atoms with Gasteiger partial charge in [-0.1, -0.05) is 84.9 Å². The highest BCUT2D eigenvalue weighted by Crippen LogP contribution is 2.18. The molecule has 13 heteroatoms. The number of amides is 2. The van der Waals surface area contributed by atoms with Crippen LogP contribution in [-0.2, 0) is 49.8 Å². The number of benzene rings is 4. The van der Waals surface area contributed by atoms with Crippen molar-refractivity contribution in [1.29, 1.82) is 5.26 Å². The molecule has 0 aliphatic heterocycles. The average molecular weight is 802 g/mol. The molecule has 2 amide bonds. The molecule has 2 atom stereocenters. The Kier molecular flexibility index (Phi) is 17.9. The molecule has 0 saturated heterocycles. The van der Waals surface area contributed by atoms with Crippen LogP contribution < -0.4 is 20.1 Å². The van der Waals surface area contributed by atoms with Gasteiger partial charge >= 0.3 is 12.2 Å². The van der Waals surface area contributed by atoms with Crippen molar-refractivity contribution < 1.29 is 41.1 Å². The van der Waals surface area contributed by atoms with E-state index in [-0.39, 0.29) is 19.1 Å². The molecule has 306 valence electrons. The van der Waals surface area contributed by atoms with Crippen LogP contribution in [0.5, 0.6) is 11.5 Å². The molecule has 4 rings (SSSR count). The number of nitrogens with one attached hydrogen (secondary N) is 2. The first kappa shape index (κ1) is 45.8. The lowest BCUT2D eigenvalue weighted by Gasteiger charge is -2.23. The fourth-order valence-electron chi connectivity index (χ4n) is 5.08. The van der Waals surface area contributed by atoms with E-state index in [9.17, 15) is 18.0 Å². The van der Waals surface area contributed by atoms with Gasteiger partial charge in [-0.05, 0) is 101 Å². The van der Waals surface area contributed by atoms with Crippen molar-refractivity contribution in [1.82, 2.24) is 10.6 Å². The van der Waals surface area contributed by atoms with Gasteiger partial charge in [0.2, 0.25) is 0 Å². The summed E-state index contributed by atoms with van der Waals surface area (Å²) in [6.07, 6.45) is 0.958. The second-order valence-corrected chi connectivity index (χ2v) is 16.9. The SMILES string of the molecule is CC(C)(C)OC(=O)N[C@H](CC#N)Cc1ccc(OCc2ccccc2)cc1.CC(C)(C)OC(=O)N[C@H](COS(C)(=O)=O)Cc1ccc(OCc2ccccc2)cc1. The van der Waals surface area contributed by atoms with Crippen LogP contribution in [0.25, 0.3) is 0 Å². The maximum Gasteiger partial charge on any atom is 0.407 e. The molecule has 0 aliphatic carbocycles. The second kappa shape index (κ2) is 22.2. The van der Waals surface area contributed by atoms with Crippen molar-refractivity contribution in [3.63, 3.8) is 0 Å². The highest BCUT2D eigenvalue weighted by atomic mass is 32.2. The predicted molar refractivity (Wildman–Crippen MR) is 219 cm³/mol. The van der Waals surface area contributed by atoms with Crippen LogP contribution in [0.1, 0.15) is 70.2 Å². The maximum atomic E-state index is 12.1. The summed E-state index contributed by atoms with van der Waals surface area (Å²) in [5.74, 6) is 1.49. The Balaban J connectivity index is 0.000000307. The van der Waals surface area contributed by atoms with Crippen molar-refractivity contribution in [3.8, 4) is 17.6 Å². The molecule has 12 nitrogen and oxygen atoms in total. The number of nitrogens with zero attached hydrogens (tertiary/aromatic N) is 1. The van der Waals surface area contributed by atoms with E-state index in [0.717, 1.165) is 34.3 Å². The summed E-state index contributed by atoms with van der Waals surface area (Å²) in [4.78, 5) is 24.0. The van der Waals surface area contributed by atoms with Crippen LogP contribution in [-0.4, -0.2) is 56.8 Å². The van der Waals surface area contributed by atoms with E-state index in [1.165, 1.54) is 0 Å². The van der Waals surface area contributed by atoms with Crippen LogP contribution in [0.2, 0.25) is 0 Å². The van der Waals surface area contributed by atoms with E-state index in [1.807, 2.05) is 109 Å². The third-order valence-electron chi connectivity index (χ3n) is 7.57. The van der Waals surface area contributed by atoms with Crippen molar-refractivity contribution in [2.24, 2.45) is 0 Å². The van der Waals surface area contributed by atoms with Crippen LogP contribution >= 0.6 is 0 Å². The Labute approximate surface area is 337 Å². The molecule has 4 aromatic rings. The van der Waals surface area contributed by atoms with Gasteiger partial charge in [0.05, 0.1) is 31.4 Å². The minimum atomic E-state index is -3.63. The number of alkyl carbamates (subject to hydrolysis) is 2. The number of hydrogen-bond acceptors (Lipinski definition) is 10. The Hall–Kier alpha value is -5.58. The molecule has 4 aromatic carbocycles. The lowest BCUT2D eigenvalue weighted by atomic mass is 10.0. The molecular formula is C44H55N3O9S. The van der Waals surface area contributed by atoms with Gasteiger partial charge in [-0.3, -0.25) is 4.18 Å². The lowest BCUT2D eigenvalue weighted by Crippen LogP contribution is -2.43. The van der Waals surface area contributed by atoms with E-state index < -0.39 is 39.5 Å². The molecular weight excluding hydrogens is 747 g/mol. The average Bonchev–Trinajstić information content (AvgIpc) is 3.13. The van der Waals surface area contributed by atoms with Gasteiger partial charge < -0.3 is 29.6 Å². The van der Waals surface area contributed by atoms with Crippen molar-refractivity contribution in [2.75, 3.05) is 12.9 Å². The minimum Gasteiger partial charge on any atom is -0.489 e. The normalized spacial score (nSPS) is 12.4. The molecule has 0 fully saturated rings. The molecule has 0 spiro atoms. The van der Waals surface area contributed by atoms with E-state index >= 15 is 0 Å². The van der Waals surface area contributed by atoms with Crippen LogP contribution in [0, 0.1) is 11.3 Å². The van der Waals surface area contributed by atoms with Gasteiger partial charge in [0, 0.05) is 6.04 Å². The van der Waals surface area contributed by atoms with E-state index in [4.69, 9.17) is 28.4 Å². The summed E-state index contributed by atoms with van der Waals surface area (Å²) in [6.45, 7) is 11.5. The van der Waals surface area contributed by atoms with Gasteiger partial charge in [-0.25, -0.2) is 9.59 Å². The third kappa shape index (κ3) is 20.8. The molecule has 0 bridgehead atoms. The van der Waals surface area contributed by atoms with Gasteiger partial charge in [0.15, 0.2) is 0 Å². The van der Waals surface area contributed by atoms with Crippen molar-refractivity contribution in [2.45, 2.75) is 97.3 Å². The first-order valence-electron chi connectivity index (χ1n) is 18.6. The monoisotopic (exact) mass is 801 g/mol. The summed E-state index contributed by atoms with van der Waals surface area (Å²) in [5, 5.41) is 14.5. The zero-order chi connectivity index (χ0) is 41.9. The summed E-state index contributed by atoms with van der Waals surface area (Å²) in [7, 11) is -3.63.